The van der Waals surface area contributed by atoms with E-state index in [0.29, 0.717) is 22.9 Å². The van der Waals surface area contributed by atoms with Gasteiger partial charge in [-0.05, 0) is 73.2 Å². The fraction of sp³-hybridized carbons (Fsp3) is 0.368. The summed E-state index contributed by atoms with van der Waals surface area (Å²) in [7, 11) is 2.94. The van der Waals surface area contributed by atoms with Gasteiger partial charge in [-0.1, -0.05) is 36.4 Å². The molecule has 0 fully saturated rings. The SMILES string of the molecule is COc1nc(OCc2cccc(-c3cccc(COc4ccc(CNC(C)(CO)C(=O)O)c(OC)n4)c3C)c2C)ccc1CNC(C)(CO)C(=O)O. The van der Waals surface area contributed by atoms with Crippen molar-refractivity contribution in [1.82, 2.24) is 20.6 Å². The quantitative estimate of drug-likeness (QED) is 0.0818. The summed E-state index contributed by atoms with van der Waals surface area (Å²) in [6.45, 7) is 6.41. The molecule has 0 bridgehead atoms. The van der Waals surface area contributed by atoms with Crippen LogP contribution in [0, 0.1) is 13.8 Å². The van der Waals surface area contributed by atoms with Gasteiger partial charge < -0.3 is 39.4 Å². The van der Waals surface area contributed by atoms with Crippen molar-refractivity contribution in [2.75, 3.05) is 27.4 Å². The van der Waals surface area contributed by atoms with E-state index in [2.05, 4.69) is 32.7 Å². The van der Waals surface area contributed by atoms with Gasteiger partial charge in [-0.25, -0.2) is 0 Å². The van der Waals surface area contributed by atoms with Crippen LogP contribution in [0.2, 0.25) is 0 Å². The maximum absolute atomic E-state index is 11.5. The van der Waals surface area contributed by atoms with Crippen molar-refractivity contribution in [3.05, 3.63) is 94.0 Å². The van der Waals surface area contributed by atoms with Crippen LogP contribution >= 0.6 is 0 Å². The number of methoxy groups -OCH3 is 2. The van der Waals surface area contributed by atoms with Crippen molar-refractivity contribution in [2.24, 2.45) is 0 Å². The van der Waals surface area contributed by atoms with Crippen molar-refractivity contribution in [1.29, 1.82) is 0 Å². The molecule has 0 spiro atoms. The molecule has 2 atom stereocenters. The normalized spacial score (nSPS) is 13.5. The van der Waals surface area contributed by atoms with E-state index in [1.807, 2.05) is 38.1 Å². The molecule has 6 N–H and O–H groups in total. The molecule has 0 saturated carbocycles. The van der Waals surface area contributed by atoms with Crippen LogP contribution in [0.4, 0.5) is 0 Å². The number of carboxylic acid groups (broad SMARTS) is 2. The third-order valence-corrected chi connectivity index (χ3v) is 9.06. The van der Waals surface area contributed by atoms with Gasteiger partial charge in [0.05, 0.1) is 27.4 Å². The van der Waals surface area contributed by atoms with Crippen LogP contribution in [0.5, 0.6) is 23.5 Å². The van der Waals surface area contributed by atoms with E-state index < -0.39 is 36.2 Å². The van der Waals surface area contributed by atoms with Crippen LogP contribution in [0.1, 0.15) is 47.2 Å². The minimum atomic E-state index is -1.51. The molecule has 0 saturated heterocycles. The summed E-state index contributed by atoms with van der Waals surface area (Å²) in [5.74, 6) is -1.12. The molecule has 0 aliphatic carbocycles. The second-order valence-electron chi connectivity index (χ2n) is 12.7. The number of ether oxygens (including phenoxy) is 4. The number of carboxylic acids is 2. The van der Waals surface area contributed by atoms with Crippen LogP contribution in [-0.4, -0.2) is 80.8 Å². The summed E-state index contributed by atoms with van der Waals surface area (Å²) in [6, 6.07) is 18.9. The predicted octanol–water partition coefficient (Wildman–Crippen LogP) is 3.79. The highest BCUT2D eigenvalue weighted by Crippen LogP contribution is 2.32. The number of hydrogen-bond donors (Lipinski definition) is 6. The second kappa shape index (κ2) is 17.3. The van der Waals surface area contributed by atoms with Gasteiger partial charge in [0.1, 0.15) is 24.3 Å². The first-order valence-corrected chi connectivity index (χ1v) is 16.5. The molecular formula is C38H46N4O10. The molecule has 0 aliphatic heterocycles. The number of nitrogens with zero attached hydrogens (tertiary/aromatic N) is 2. The number of nitrogens with one attached hydrogen (secondary N) is 2. The maximum atomic E-state index is 11.5. The first-order valence-electron chi connectivity index (χ1n) is 16.5. The Balaban J connectivity index is 1.45. The Labute approximate surface area is 302 Å². The zero-order chi connectivity index (χ0) is 38.1. The average molecular weight is 719 g/mol. The van der Waals surface area contributed by atoms with E-state index in [4.69, 9.17) is 18.9 Å². The highest BCUT2D eigenvalue weighted by atomic mass is 16.5. The number of benzene rings is 2. The second-order valence-corrected chi connectivity index (χ2v) is 12.7. The van der Waals surface area contributed by atoms with E-state index in [0.717, 1.165) is 33.4 Å². The lowest BCUT2D eigenvalue weighted by atomic mass is 9.92. The number of aliphatic hydroxyl groups is 2. The van der Waals surface area contributed by atoms with E-state index in [9.17, 15) is 30.0 Å². The third kappa shape index (κ3) is 9.14. The Morgan fingerprint density at radius 1 is 0.635 bits per heavy atom. The predicted molar refractivity (Wildman–Crippen MR) is 192 cm³/mol. The number of aliphatic hydroxyl groups excluding tert-OH is 2. The highest BCUT2D eigenvalue weighted by Gasteiger charge is 2.33. The van der Waals surface area contributed by atoms with Gasteiger partial charge in [-0.2, -0.15) is 9.97 Å². The lowest BCUT2D eigenvalue weighted by Gasteiger charge is -2.24. The van der Waals surface area contributed by atoms with Crippen LogP contribution in [-0.2, 0) is 35.9 Å². The average Bonchev–Trinajstić information content (AvgIpc) is 3.15. The standard InChI is InChI=1S/C38H46N4O10/c1-23-27(19-51-31-15-13-25(33(41-31)49-5)17-39-37(3,21-43)35(45)46)9-7-11-29(23)30-12-8-10-28(24(30)2)20-52-32-16-14-26(34(42-32)50-6)18-40-38(4,22-44)36(47)48/h7-16,39-40,43-44H,17-22H2,1-6H3,(H,45,46)(H,47,48). The Morgan fingerprint density at radius 3 is 1.35 bits per heavy atom. The fourth-order valence-corrected chi connectivity index (χ4v) is 5.23. The summed E-state index contributed by atoms with van der Waals surface area (Å²) in [5.41, 5.74) is 4.24. The molecule has 0 aliphatic rings. The number of carbonyl (C=O) groups is 2. The summed E-state index contributed by atoms with van der Waals surface area (Å²) in [4.78, 5) is 32.0. The molecule has 2 aromatic carbocycles. The van der Waals surface area contributed by atoms with Gasteiger partial charge in [0.15, 0.2) is 0 Å². The largest absolute Gasteiger partial charge is 0.481 e. The molecule has 2 heterocycles. The lowest BCUT2D eigenvalue weighted by Crippen LogP contribution is -2.52. The van der Waals surface area contributed by atoms with Gasteiger partial charge in [0, 0.05) is 36.3 Å². The number of aromatic nitrogens is 2. The lowest BCUT2D eigenvalue weighted by molar-refractivity contribution is -0.146. The minimum absolute atomic E-state index is 0.112. The van der Waals surface area contributed by atoms with Crippen LogP contribution in [0.3, 0.4) is 0 Å². The van der Waals surface area contributed by atoms with Crippen LogP contribution in [0.25, 0.3) is 11.1 Å². The van der Waals surface area contributed by atoms with E-state index >= 15 is 0 Å². The molecule has 4 rings (SSSR count). The molecule has 4 aromatic rings. The highest BCUT2D eigenvalue weighted by molar-refractivity contribution is 5.79. The summed E-state index contributed by atoms with van der Waals surface area (Å²) in [6.07, 6.45) is 0. The monoisotopic (exact) mass is 718 g/mol. The molecule has 0 amide bonds. The smallest absolute Gasteiger partial charge is 0.326 e. The van der Waals surface area contributed by atoms with Crippen molar-refractivity contribution in [3.8, 4) is 34.6 Å². The maximum Gasteiger partial charge on any atom is 0.326 e. The van der Waals surface area contributed by atoms with Crippen LogP contribution in [0.15, 0.2) is 60.7 Å². The van der Waals surface area contributed by atoms with E-state index in [1.54, 1.807) is 24.3 Å². The summed E-state index contributed by atoms with van der Waals surface area (Å²) >= 11 is 0. The Morgan fingerprint density at radius 2 is 1.02 bits per heavy atom. The molecule has 2 unspecified atom stereocenters. The van der Waals surface area contributed by atoms with Crippen molar-refractivity contribution in [3.63, 3.8) is 0 Å². The van der Waals surface area contributed by atoms with Crippen molar-refractivity contribution in [2.45, 2.75) is 65.1 Å². The van der Waals surface area contributed by atoms with E-state index in [1.165, 1.54) is 28.1 Å². The number of aliphatic carboxylic acids is 2. The van der Waals surface area contributed by atoms with E-state index in [-0.39, 0.29) is 38.1 Å². The summed E-state index contributed by atoms with van der Waals surface area (Å²) < 4.78 is 23.0. The molecule has 278 valence electrons. The number of hydrogen-bond acceptors (Lipinski definition) is 12. The Hall–Kier alpha value is -5.28. The summed E-state index contributed by atoms with van der Waals surface area (Å²) in [5, 5.41) is 43.6. The van der Waals surface area contributed by atoms with Gasteiger partial charge in [0.2, 0.25) is 23.5 Å². The van der Waals surface area contributed by atoms with Gasteiger partial charge in [-0.3, -0.25) is 20.2 Å². The molecule has 14 nitrogen and oxygen atoms in total. The topological polar surface area (TPSA) is 202 Å². The molecule has 14 heteroatoms. The number of rotatable bonds is 19. The Bertz CT molecular complexity index is 1750. The van der Waals surface area contributed by atoms with Gasteiger partial charge in [-0.15, -0.1) is 0 Å². The molecular weight excluding hydrogens is 672 g/mol. The molecule has 52 heavy (non-hydrogen) atoms. The van der Waals surface area contributed by atoms with Crippen molar-refractivity contribution < 1.29 is 49.0 Å². The number of pyridine rings is 2. The zero-order valence-corrected chi connectivity index (χ0v) is 30.1. The first kappa shape index (κ1) is 39.5. The van der Waals surface area contributed by atoms with Gasteiger partial charge >= 0.3 is 11.9 Å². The minimum Gasteiger partial charge on any atom is -0.481 e. The van der Waals surface area contributed by atoms with Gasteiger partial charge in [0.25, 0.3) is 0 Å². The van der Waals surface area contributed by atoms with Crippen molar-refractivity contribution >= 4 is 11.9 Å². The third-order valence-electron chi connectivity index (χ3n) is 9.06. The first-order chi connectivity index (χ1) is 24.8. The molecule has 0 radical (unpaired) electrons. The fourth-order valence-electron chi connectivity index (χ4n) is 5.23. The Kier molecular flexibility index (Phi) is 13.1. The molecule has 2 aromatic heterocycles. The zero-order valence-electron chi connectivity index (χ0n) is 30.1. The van der Waals surface area contributed by atoms with Crippen LogP contribution < -0.4 is 29.6 Å².